The van der Waals surface area contributed by atoms with E-state index in [9.17, 15) is 14.9 Å². The van der Waals surface area contributed by atoms with Crippen molar-refractivity contribution < 1.29 is 9.72 Å². The van der Waals surface area contributed by atoms with Gasteiger partial charge in [-0.25, -0.2) is 4.98 Å². The van der Waals surface area contributed by atoms with E-state index in [1.54, 1.807) is 11.9 Å². The van der Waals surface area contributed by atoms with Crippen LogP contribution in [0.3, 0.4) is 0 Å². The van der Waals surface area contributed by atoms with Gasteiger partial charge in [0.15, 0.2) is 0 Å². The molecule has 0 unspecified atom stereocenters. The van der Waals surface area contributed by atoms with Crippen LogP contribution in [0.25, 0.3) is 0 Å². The van der Waals surface area contributed by atoms with Gasteiger partial charge < -0.3 is 10.6 Å². The predicted octanol–water partition coefficient (Wildman–Crippen LogP) is 2.22. The Labute approximate surface area is 123 Å². The van der Waals surface area contributed by atoms with Gasteiger partial charge in [0.05, 0.1) is 10.5 Å². The molecule has 0 atom stereocenters. The van der Waals surface area contributed by atoms with Crippen LogP contribution >= 0.6 is 0 Å². The minimum Gasteiger partial charge on any atom is -0.383 e. The Bertz CT molecular complexity index is 541. The number of amides is 1. The van der Waals surface area contributed by atoms with Crippen LogP contribution in [0, 0.1) is 16.0 Å². The molecule has 1 amide bonds. The topological polar surface area (TPSA) is 102 Å². The molecule has 0 aliphatic heterocycles. The van der Waals surface area contributed by atoms with Crippen LogP contribution in [0.15, 0.2) is 12.3 Å². The maximum Gasteiger partial charge on any atom is 0.288 e. The van der Waals surface area contributed by atoms with E-state index in [1.165, 1.54) is 25.3 Å². The summed E-state index contributed by atoms with van der Waals surface area (Å²) in [7, 11) is 1.70. The maximum atomic E-state index is 12.4. The van der Waals surface area contributed by atoms with Crippen LogP contribution in [-0.2, 0) is 0 Å². The van der Waals surface area contributed by atoms with Gasteiger partial charge in [-0.3, -0.25) is 14.9 Å². The number of rotatable bonds is 4. The predicted molar refractivity (Wildman–Crippen MR) is 78.8 cm³/mol. The Hall–Kier alpha value is -2.18. The van der Waals surface area contributed by atoms with E-state index in [4.69, 9.17) is 5.73 Å². The fourth-order valence-electron chi connectivity index (χ4n) is 2.78. The third kappa shape index (κ3) is 3.68. The monoisotopic (exact) mass is 292 g/mol. The van der Waals surface area contributed by atoms with E-state index in [1.807, 2.05) is 0 Å². The number of anilines is 1. The van der Waals surface area contributed by atoms with Crippen LogP contribution in [-0.4, -0.2) is 34.3 Å². The Kier molecular flexibility index (Phi) is 4.72. The first-order chi connectivity index (χ1) is 9.99. The molecular weight excluding hydrogens is 272 g/mol. The molecule has 0 spiro atoms. The van der Waals surface area contributed by atoms with Gasteiger partial charge >= 0.3 is 0 Å². The van der Waals surface area contributed by atoms with E-state index < -0.39 is 4.92 Å². The van der Waals surface area contributed by atoms with E-state index in [0.29, 0.717) is 12.5 Å². The molecule has 1 aromatic rings. The smallest absolute Gasteiger partial charge is 0.288 e. The van der Waals surface area contributed by atoms with Crippen molar-refractivity contribution in [2.24, 2.45) is 5.92 Å². The maximum absolute atomic E-state index is 12.4. The highest BCUT2D eigenvalue weighted by Crippen LogP contribution is 2.25. The summed E-state index contributed by atoms with van der Waals surface area (Å²) >= 11 is 0. The zero-order valence-electron chi connectivity index (χ0n) is 12.1. The molecule has 1 saturated carbocycles. The third-order valence-electron chi connectivity index (χ3n) is 3.95. The molecular formula is C14H20N4O3. The Balaban J connectivity index is 2.10. The second kappa shape index (κ2) is 6.51. The number of hydrogen-bond acceptors (Lipinski definition) is 5. The molecule has 21 heavy (non-hydrogen) atoms. The van der Waals surface area contributed by atoms with Gasteiger partial charge in [0, 0.05) is 19.7 Å². The minimum absolute atomic E-state index is 0.0288. The van der Waals surface area contributed by atoms with Crippen LogP contribution in [0.1, 0.15) is 42.5 Å². The standard InChI is InChI=1S/C14H20N4O3/c1-17(9-10-5-3-2-4-6-10)14(19)12-7-11(18(20)21)8-16-13(12)15/h7-8,10H,2-6,9H2,1H3,(H2,15,16). The van der Waals surface area contributed by atoms with Crippen molar-refractivity contribution in [1.29, 1.82) is 0 Å². The highest BCUT2D eigenvalue weighted by atomic mass is 16.6. The molecule has 0 saturated heterocycles. The number of aromatic nitrogens is 1. The fraction of sp³-hybridized carbons (Fsp3) is 0.571. The average molecular weight is 292 g/mol. The molecule has 1 aliphatic carbocycles. The fourth-order valence-corrected chi connectivity index (χ4v) is 2.78. The molecule has 1 aliphatic rings. The lowest BCUT2D eigenvalue weighted by Gasteiger charge is -2.27. The molecule has 1 fully saturated rings. The highest BCUT2D eigenvalue weighted by molar-refractivity contribution is 5.98. The van der Waals surface area contributed by atoms with Crippen molar-refractivity contribution >= 4 is 17.4 Å². The summed E-state index contributed by atoms with van der Waals surface area (Å²) < 4.78 is 0. The zero-order chi connectivity index (χ0) is 15.4. The summed E-state index contributed by atoms with van der Waals surface area (Å²) in [6, 6.07) is 1.20. The van der Waals surface area contributed by atoms with Crippen LogP contribution < -0.4 is 5.73 Å². The van der Waals surface area contributed by atoms with Crippen molar-refractivity contribution in [3.05, 3.63) is 27.9 Å². The van der Waals surface area contributed by atoms with Gasteiger partial charge in [0.25, 0.3) is 11.6 Å². The van der Waals surface area contributed by atoms with Crippen molar-refractivity contribution in [3.63, 3.8) is 0 Å². The quantitative estimate of drug-likeness (QED) is 0.677. The van der Waals surface area contributed by atoms with Crippen LogP contribution in [0.4, 0.5) is 11.5 Å². The van der Waals surface area contributed by atoms with Crippen LogP contribution in [0.2, 0.25) is 0 Å². The molecule has 2 N–H and O–H groups in total. The zero-order valence-corrected chi connectivity index (χ0v) is 12.1. The highest BCUT2D eigenvalue weighted by Gasteiger charge is 2.22. The van der Waals surface area contributed by atoms with Gasteiger partial charge in [0.2, 0.25) is 0 Å². The lowest BCUT2D eigenvalue weighted by Crippen LogP contribution is -2.33. The first-order valence-electron chi connectivity index (χ1n) is 7.14. The van der Waals surface area contributed by atoms with Gasteiger partial charge in [-0.2, -0.15) is 0 Å². The lowest BCUT2D eigenvalue weighted by atomic mass is 9.89. The third-order valence-corrected chi connectivity index (χ3v) is 3.95. The van der Waals surface area contributed by atoms with Crippen LogP contribution in [0.5, 0.6) is 0 Å². The van der Waals surface area contributed by atoms with E-state index in [0.717, 1.165) is 19.0 Å². The molecule has 7 nitrogen and oxygen atoms in total. The average Bonchev–Trinajstić information content (AvgIpc) is 2.47. The molecule has 114 valence electrons. The van der Waals surface area contributed by atoms with Crippen molar-refractivity contribution in [2.75, 3.05) is 19.3 Å². The molecule has 0 radical (unpaired) electrons. The first-order valence-corrected chi connectivity index (χ1v) is 7.14. The van der Waals surface area contributed by atoms with Gasteiger partial charge in [-0.15, -0.1) is 0 Å². The molecule has 0 bridgehead atoms. The number of carbonyl (C=O) groups is 1. The Morgan fingerprint density at radius 2 is 2.14 bits per heavy atom. The summed E-state index contributed by atoms with van der Waals surface area (Å²) in [6.45, 7) is 0.654. The molecule has 7 heteroatoms. The molecule has 1 heterocycles. The Morgan fingerprint density at radius 3 is 2.76 bits per heavy atom. The number of nitrogens with zero attached hydrogens (tertiary/aromatic N) is 3. The van der Waals surface area contributed by atoms with E-state index >= 15 is 0 Å². The summed E-state index contributed by atoms with van der Waals surface area (Å²) in [5.74, 6) is 0.218. The Morgan fingerprint density at radius 1 is 1.48 bits per heavy atom. The van der Waals surface area contributed by atoms with E-state index in [-0.39, 0.29) is 23.0 Å². The first kappa shape index (κ1) is 15.2. The number of nitrogen functional groups attached to an aromatic ring is 1. The lowest BCUT2D eigenvalue weighted by molar-refractivity contribution is -0.385. The second-order valence-electron chi connectivity index (χ2n) is 5.57. The number of nitro groups is 1. The number of pyridine rings is 1. The summed E-state index contributed by atoms with van der Waals surface area (Å²) in [6.07, 6.45) is 6.98. The van der Waals surface area contributed by atoms with Gasteiger partial charge in [-0.1, -0.05) is 19.3 Å². The van der Waals surface area contributed by atoms with Crippen molar-refractivity contribution in [3.8, 4) is 0 Å². The molecule has 1 aromatic heterocycles. The normalized spacial score (nSPS) is 15.7. The van der Waals surface area contributed by atoms with E-state index in [2.05, 4.69) is 4.98 Å². The van der Waals surface area contributed by atoms with Gasteiger partial charge in [0.1, 0.15) is 12.0 Å². The second-order valence-corrected chi connectivity index (χ2v) is 5.57. The van der Waals surface area contributed by atoms with Crippen molar-refractivity contribution in [2.45, 2.75) is 32.1 Å². The SMILES string of the molecule is CN(CC1CCCCC1)C(=O)c1cc([N+](=O)[O-])cnc1N. The number of nitrogens with two attached hydrogens (primary N) is 1. The summed E-state index contributed by atoms with van der Waals surface area (Å²) in [5, 5.41) is 10.8. The molecule has 2 rings (SSSR count). The number of hydrogen-bond donors (Lipinski definition) is 1. The minimum atomic E-state index is -0.579. The summed E-state index contributed by atoms with van der Waals surface area (Å²) in [5.41, 5.74) is 5.56. The van der Waals surface area contributed by atoms with Crippen molar-refractivity contribution in [1.82, 2.24) is 9.88 Å². The largest absolute Gasteiger partial charge is 0.383 e. The summed E-state index contributed by atoms with van der Waals surface area (Å²) in [4.78, 5) is 27.9. The van der Waals surface area contributed by atoms with Gasteiger partial charge in [-0.05, 0) is 18.8 Å². The molecule has 0 aromatic carbocycles. The number of carbonyl (C=O) groups excluding carboxylic acids is 1.